The van der Waals surface area contributed by atoms with Crippen molar-refractivity contribution in [1.29, 1.82) is 0 Å². The molecule has 2 atom stereocenters. The predicted molar refractivity (Wildman–Crippen MR) is 49.8 cm³/mol. The van der Waals surface area contributed by atoms with Gasteiger partial charge in [-0.1, -0.05) is 34.0 Å². The fraction of sp³-hybridized carbons (Fsp3) is 1.00. The predicted octanol–water partition coefficient (Wildman–Crippen LogP) is 2.01. The number of rotatable bonds is 3. The minimum Gasteiger partial charge on any atom is -0.393 e. The van der Waals surface area contributed by atoms with Gasteiger partial charge in [0.15, 0.2) is 0 Å². The lowest BCUT2D eigenvalue weighted by molar-refractivity contribution is 0.0520. The van der Waals surface area contributed by atoms with E-state index in [-0.39, 0.29) is 17.4 Å². The van der Waals surface area contributed by atoms with Crippen LogP contribution in [-0.4, -0.2) is 19.1 Å². The highest BCUT2D eigenvalue weighted by Crippen LogP contribution is 2.32. The topological polar surface area (TPSA) is 20.2 Å². The molecule has 2 heteroatoms. The molecule has 0 saturated carbocycles. The molecule has 11 heavy (non-hydrogen) atoms. The van der Waals surface area contributed by atoms with Crippen LogP contribution in [0.2, 0.25) is 6.32 Å². The van der Waals surface area contributed by atoms with Crippen LogP contribution in [0.25, 0.3) is 0 Å². The molecule has 0 aromatic carbocycles. The summed E-state index contributed by atoms with van der Waals surface area (Å²) in [5, 5.41) is 9.57. The largest absolute Gasteiger partial charge is 0.393 e. The first kappa shape index (κ1) is 11.0. The maximum Gasteiger partial charge on any atom is 0.0658 e. The Balaban J connectivity index is 4.16. The molecule has 0 amide bonds. The molecule has 0 bridgehead atoms. The van der Waals surface area contributed by atoms with Crippen molar-refractivity contribution >= 4 is 7.85 Å². The summed E-state index contributed by atoms with van der Waals surface area (Å²) in [5.41, 5.74) is 0.115. The molecule has 0 aliphatic carbocycles. The molecule has 1 nitrogen and oxygen atoms in total. The molecular formula is C9H19BO. The monoisotopic (exact) mass is 154 g/mol. The average molecular weight is 154 g/mol. The average Bonchev–Trinajstić information content (AvgIpc) is 1.86. The van der Waals surface area contributed by atoms with Gasteiger partial charge in [-0.05, 0) is 17.8 Å². The summed E-state index contributed by atoms with van der Waals surface area (Å²) < 4.78 is 0. The molecule has 0 fully saturated rings. The molecule has 2 unspecified atom stereocenters. The van der Waals surface area contributed by atoms with Crippen LogP contribution >= 0.6 is 0 Å². The summed E-state index contributed by atoms with van der Waals surface area (Å²) in [7, 11) is 5.58. The van der Waals surface area contributed by atoms with Crippen LogP contribution < -0.4 is 0 Å². The highest BCUT2D eigenvalue weighted by atomic mass is 16.3. The van der Waals surface area contributed by atoms with Crippen molar-refractivity contribution in [2.24, 2.45) is 11.3 Å². The Hall–Kier alpha value is 0.0249. The second kappa shape index (κ2) is 4.15. The fourth-order valence-electron chi connectivity index (χ4n) is 1.37. The van der Waals surface area contributed by atoms with Crippen molar-refractivity contribution in [3.8, 4) is 0 Å². The molecule has 0 spiro atoms. The fourth-order valence-corrected chi connectivity index (χ4v) is 1.37. The van der Waals surface area contributed by atoms with Crippen molar-refractivity contribution in [2.45, 2.75) is 46.5 Å². The summed E-state index contributed by atoms with van der Waals surface area (Å²) in [6, 6.07) is 0. The van der Waals surface area contributed by atoms with Crippen LogP contribution in [0, 0.1) is 11.3 Å². The third-order valence-corrected chi connectivity index (χ3v) is 2.25. The highest BCUT2D eigenvalue weighted by molar-refractivity contribution is 6.08. The molecule has 0 rings (SSSR count). The third kappa shape index (κ3) is 3.28. The van der Waals surface area contributed by atoms with E-state index in [9.17, 15) is 5.11 Å². The maximum absolute atomic E-state index is 9.57. The molecule has 0 aromatic rings. The molecular weight excluding hydrogens is 135 g/mol. The first-order valence-electron chi connectivity index (χ1n) is 4.31. The minimum atomic E-state index is -0.250. The van der Waals surface area contributed by atoms with Crippen LogP contribution in [0.5, 0.6) is 0 Å². The summed E-state index contributed by atoms with van der Waals surface area (Å²) in [5.74, 6) is 0.215. The molecule has 0 heterocycles. The van der Waals surface area contributed by atoms with Gasteiger partial charge in [0.2, 0.25) is 0 Å². The van der Waals surface area contributed by atoms with Crippen LogP contribution in [0.15, 0.2) is 0 Å². The molecule has 0 aromatic heterocycles. The van der Waals surface area contributed by atoms with E-state index in [2.05, 4.69) is 20.8 Å². The van der Waals surface area contributed by atoms with Gasteiger partial charge in [0.25, 0.3) is 0 Å². The summed E-state index contributed by atoms with van der Waals surface area (Å²) in [4.78, 5) is 0. The van der Waals surface area contributed by atoms with Gasteiger partial charge in [-0.2, -0.15) is 0 Å². The van der Waals surface area contributed by atoms with E-state index in [1.54, 1.807) is 0 Å². The van der Waals surface area contributed by atoms with Gasteiger partial charge in [0, 0.05) is 0 Å². The van der Waals surface area contributed by atoms with Gasteiger partial charge >= 0.3 is 0 Å². The van der Waals surface area contributed by atoms with Gasteiger partial charge in [-0.15, -0.1) is 0 Å². The van der Waals surface area contributed by atoms with Crippen LogP contribution in [-0.2, 0) is 0 Å². The SMILES string of the molecule is [B]CC(C(O)CC)C(C)(C)C. The van der Waals surface area contributed by atoms with E-state index < -0.39 is 0 Å². The Morgan fingerprint density at radius 1 is 1.36 bits per heavy atom. The van der Waals surface area contributed by atoms with Gasteiger partial charge in [-0.25, -0.2) is 0 Å². The highest BCUT2D eigenvalue weighted by Gasteiger charge is 2.27. The van der Waals surface area contributed by atoms with Crippen molar-refractivity contribution in [3.63, 3.8) is 0 Å². The normalized spacial score (nSPS) is 17.9. The zero-order valence-electron chi connectivity index (χ0n) is 8.09. The van der Waals surface area contributed by atoms with E-state index in [1.807, 2.05) is 6.92 Å². The number of aliphatic hydroxyl groups excluding tert-OH is 1. The maximum atomic E-state index is 9.57. The lowest BCUT2D eigenvalue weighted by Gasteiger charge is -2.33. The first-order chi connectivity index (χ1) is 4.93. The van der Waals surface area contributed by atoms with Crippen molar-refractivity contribution in [2.75, 3.05) is 0 Å². The number of hydrogen-bond donors (Lipinski definition) is 1. The van der Waals surface area contributed by atoms with Gasteiger partial charge in [0.1, 0.15) is 0 Å². The summed E-state index contributed by atoms with van der Waals surface area (Å²) >= 11 is 0. The van der Waals surface area contributed by atoms with Crippen LogP contribution in [0.1, 0.15) is 34.1 Å². The smallest absolute Gasteiger partial charge is 0.0658 e. The zero-order chi connectivity index (χ0) is 9.07. The molecule has 0 saturated heterocycles. The van der Waals surface area contributed by atoms with E-state index in [0.717, 1.165) is 6.42 Å². The Kier molecular flexibility index (Phi) is 4.16. The standard InChI is InChI=1S/C9H19BO/c1-5-8(11)7(6-10)9(2,3)4/h7-8,11H,5-6H2,1-4H3. The van der Waals surface area contributed by atoms with Crippen LogP contribution in [0.4, 0.5) is 0 Å². The zero-order valence-corrected chi connectivity index (χ0v) is 8.09. The molecule has 0 aliphatic rings. The van der Waals surface area contributed by atoms with Gasteiger partial charge in [0.05, 0.1) is 14.0 Å². The first-order valence-corrected chi connectivity index (χ1v) is 4.31. The molecule has 1 N–H and O–H groups in total. The Morgan fingerprint density at radius 2 is 1.82 bits per heavy atom. The molecule has 0 aliphatic heterocycles. The Labute approximate surface area is 71.6 Å². The number of hydrogen-bond acceptors (Lipinski definition) is 1. The lowest BCUT2D eigenvalue weighted by Crippen LogP contribution is -2.31. The van der Waals surface area contributed by atoms with E-state index in [0.29, 0.717) is 6.32 Å². The summed E-state index contributed by atoms with van der Waals surface area (Å²) in [6.45, 7) is 8.33. The van der Waals surface area contributed by atoms with E-state index in [1.165, 1.54) is 0 Å². The van der Waals surface area contributed by atoms with E-state index in [4.69, 9.17) is 7.85 Å². The van der Waals surface area contributed by atoms with E-state index >= 15 is 0 Å². The van der Waals surface area contributed by atoms with Gasteiger partial charge < -0.3 is 5.11 Å². The second-order valence-electron chi connectivity index (χ2n) is 4.18. The molecule has 64 valence electrons. The Bertz CT molecular complexity index is 107. The molecule has 2 radical (unpaired) electrons. The lowest BCUT2D eigenvalue weighted by atomic mass is 9.70. The van der Waals surface area contributed by atoms with Crippen molar-refractivity contribution in [3.05, 3.63) is 0 Å². The van der Waals surface area contributed by atoms with Crippen molar-refractivity contribution < 1.29 is 5.11 Å². The Morgan fingerprint density at radius 3 is 1.91 bits per heavy atom. The second-order valence-corrected chi connectivity index (χ2v) is 4.18. The third-order valence-electron chi connectivity index (χ3n) is 2.25. The number of aliphatic hydroxyl groups is 1. The summed E-state index contributed by atoms with van der Waals surface area (Å²) in [6.07, 6.45) is 1.11. The quantitative estimate of drug-likeness (QED) is 0.616. The van der Waals surface area contributed by atoms with Gasteiger partial charge in [-0.3, -0.25) is 0 Å². The van der Waals surface area contributed by atoms with Crippen molar-refractivity contribution in [1.82, 2.24) is 0 Å². The minimum absolute atomic E-state index is 0.115. The van der Waals surface area contributed by atoms with Crippen LogP contribution in [0.3, 0.4) is 0 Å².